The Morgan fingerprint density at radius 2 is 2.08 bits per heavy atom. The van der Waals surface area contributed by atoms with E-state index in [0.29, 0.717) is 29.4 Å². The number of nitrogens with one attached hydrogen (secondary N) is 1. The van der Waals surface area contributed by atoms with E-state index in [1.54, 1.807) is 24.3 Å². The van der Waals surface area contributed by atoms with Crippen LogP contribution in [0.3, 0.4) is 0 Å². The minimum absolute atomic E-state index is 0.00417. The third-order valence-electron chi connectivity index (χ3n) is 4.32. The van der Waals surface area contributed by atoms with Gasteiger partial charge in [-0.05, 0) is 43.7 Å². The Morgan fingerprint density at radius 1 is 1.25 bits per heavy atom. The number of carbonyl (C=O) groups excluding carboxylic acids is 1. The molecule has 0 aliphatic carbocycles. The minimum Gasteiger partial charge on any atom is -0.326 e. The van der Waals surface area contributed by atoms with Crippen LogP contribution in [0.25, 0.3) is 0 Å². The zero-order chi connectivity index (χ0) is 16.9. The van der Waals surface area contributed by atoms with E-state index in [9.17, 15) is 9.18 Å². The number of benzene rings is 2. The van der Waals surface area contributed by atoms with Crippen molar-refractivity contribution in [3.63, 3.8) is 0 Å². The lowest BCUT2D eigenvalue weighted by molar-refractivity contribution is -0.121. The van der Waals surface area contributed by atoms with Crippen molar-refractivity contribution in [3.05, 3.63) is 64.9 Å². The van der Waals surface area contributed by atoms with Gasteiger partial charge < -0.3 is 5.32 Å². The molecule has 0 spiro atoms. The van der Waals surface area contributed by atoms with E-state index in [-0.39, 0.29) is 17.6 Å². The van der Waals surface area contributed by atoms with Crippen LogP contribution in [-0.4, -0.2) is 23.9 Å². The number of amides is 1. The smallest absolute Gasteiger partial charge is 0.228 e. The van der Waals surface area contributed by atoms with Gasteiger partial charge in [-0.25, -0.2) is 4.39 Å². The normalized spacial score (nSPS) is 18.3. The van der Waals surface area contributed by atoms with Gasteiger partial charge in [-0.15, -0.1) is 0 Å². The molecule has 1 aliphatic heterocycles. The van der Waals surface area contributed by atoms with E-state index < -0.39 is 0 Å². The quantitative estimate of drug-likeness (QED) is 0.893. The van der Waals surface area contributed by atoms with Gasteiger partial charge in [0.2, 0.25) is 5.91 Å². The Balaban J connectivity index is 1.60. The second-order valence-electron chi connectivity index (χ2n) is 6.17. The van der Waals surface area contributed by atoms with Crippen LogP contribution in [0.4, 0.5) is 10.1 Å². The van der Waals surface area contributed by atoms with Crippen LogP contribution in [0.1, 0.15) is 18.4 Å². The number of piperidine rings is 1. The van der Waals surface area contributed by atoms with Crippen molar-refractivity contribution in [2.45, 2.75) is 19.4 Å². The van der Waals surface area contributed by atoms with Gasteiger partial charge in [0.15, 0.2) is 0 Å². The summed E-state index contributed by atoms with van der Waals surface area (Å²) >= 11 is 5.95. The number of carbonyl (C=O) groups is 1. The van der Waals surface area contributed by atoms with Crippen LogP contribution < -0.4 is 5.32 Å². The highest BCUT2D eigenvalue weighted by molar-refractivity contribution is 6.30. The molecule has 1 unspecified atom stereocenters. The van der Waals surface area contributed by atoms with Gasteiger partial charge in [0, 0.05) is 29.4 Å². The van der Waals surface area contributed by atoms with Crippen molar-refractivity contribution in [1.82, 2.24) is 4.90 Å². The van der Waals surface area contributed by atoms with Crippen LogP contribution in [0, 0.1) is 11.7 Å². The summed E-state index contributed by atoms with van der Waals surface area (Å²) in [6, 6.07) is 13.9. The first-order chi connectivity index (χ1) is 11.6. The SMILES string of the molecule is O=C(Nc1cccc(Cl)c1)C1CCCN(Cc2ccccc2F)C1. The average Bonchev–Trinajstić information content (AvgIpc) is 2.57. The molecule has 0 radical (unpaired) electrons. The fraction of sp³-hybridized carbons (Fsp3) is 0.316. The fourth-order valence-corrected chi connectivity index (χ4v) is 3.28. The number of hydrogen-bond acceptors (Lipinski definition) is 2. The molecular weight excluding hydrogens is 327 g/mol. The average molecular weight is 347 g/mol. The van der Waals surface area contributed by atoms with Gasteiger partial charge in [-0.3, -0.25) is 9.69 Å². The molecule has 1 aliphatic rings. The first-order valence-electron chi connectivity index (χ1n) is 8.14. The maximum absolute atomic E-state index is 13.8. The Morgan fingerprint density at radius 3 is 2.88 bits per heavy atom. The fourth-order valence-electron chi connectivity index (χ4n) is 3.09. The molecule has 1 fully saturated rings. The summed E-state index contributed by atoms with van der Waals surface area (Å²) in [6.45, 7) is 2.06. The molecule has 2 aromatic rings. The molecule has 5 heteroatoms. The van der Waals surface area contributed by atoms with Crippen LogP contribution in [0.5, 0.6) is 0 Å². The van der Waals surface area contributed by atoms with Gasteiger partial charge in [0.25, 0.3) is 0 Å². The lowest BCUT2D eigenvalue weighted by Gasteiger charge is -2.32. The Hall–Kier alpha value is -1.91. The lowest BCUT2D eigenvalue weighted by Crippen LogP contribution is -2.40. The maximum Gasteiger partial charge on any atom is 0.228 e. The molecule has 126 valence electrons. The highest BCUT2D eigenvalue weighted by Gasteiger charge is 2.26. The standard InChI is InChI=1S/C19H20ClFN2O/c20-16-7-3-8-17(11-16)22-19(24)15-6-4-10-23(13-15)12-14-5-1-2-9-18(14)21/h1-3,5,7-9,11,15H,4,6,10,12-13H2,(H,22,24). The van der Waals surface area contributed by atoms with E-state index in [2.05, 4.69) is 10.2 Å². The zero-order valence-electron chi connectivity index (χ0n) is 13.3. The van der Waals surface area contributed by atoms with Crippen LogP contribution in [0.2, 0.25) is 5.02 Å². The van der Waals surface area contributed by atoms with Crippen molar-refractivity contribution in [3.8, 4) is 0 Å². The molecule has 1 amide bonds. The molecule has 1 heterocycles. The monoisotopic (exact) mass is 346 g/mol. The maximum atomic E-state index is 13.8. The summed E-state index contributed by atoms with van der Waals surface area (Å²) in [4.78, 5) is 14.6. The van der Waals surface area contributed by atoms with Crippen molar-refractivity contribution >= 4 is 23.2 Å². The van der Waals surface area contributed by atoms with Crippen molar-refractivity contribution in [2.24, 2.45) is 5.92 Å². The third-order valence-corrected chi connectivity index (χ3v) is 4.56. The van der Waals surface area contributed by atoms with Gasteiger partial charge >= 0.3 is 0 Å². The first kappa shape index (κ1) is 16.9. The predicted molar refractivity (Wildman–Crippen MR) is 94.5 cm³/mol. The highest BCUT2D eigenvalue weighted by Crippen LogP contribution is 2.22. The van der Waals surface area contributed by atoms with E-state index in [0.717, 1.165) is 19.4 Å². The third kappa shape index (κ3) is 4.34. The molecule has 0 saturated carbocycles. The number of likely N-dealkylation sites (tertiary alicyclic amines) is 1. The molecule has 24 heavy (non-hydrogen) atoms. The molecule has 1 N–H and O–H groups in total. The Bertz CT molecular complexity index is 722. The van der Waals surface area contributed by atoms with Crippen LogP contribution in [-0.2, 0) is 11.3 Å². The summed E-state index contributed by atoms with van der Waals surface area (Å²) in [5, 5.41) is 3.52. The van der Waals surface area contributed by atoms with Crippen molar-refractivity contribution in [2.75, 3.05) is 18.4 Å². The molecule has 1 atom stereocenters. The van der Waals surface area contributed by atoms with Gasteiger partial charge in [-0.1, -0.05) is 35.9 Å². The molecule has 1 saturated heterocycles. The number of anilines is 1. The number of hydrogen-bond donors (Lipinski definition) is 1. The summed E-state index contributed by atoms with van der Waals surface area (Å²) in [5.74, 6) is -0.289. The van der Waals surface area contributed by atoms with Crippen LogP contribution >= 0.6 is 11.6 Å². The summed E-state index contributed by atoms with van der Waals surface area (Å²) in [6.07, 6.45) is 1.78. The second kappa shape index (κ2) is 7.77. The van der Waals surface area contributed by atoms with E-state index in [1.807, 2.05) is 18.2 Å². The Labute approximate surface area is 146 Å². The molecule has 2 aromatic carbocycles. The summed E-state index contributed by atoms with van der Waals surface area (Å²) in [7, 11) is 0. The van der Waals surface area contributed by atoms with E-state index in [1.165, 1.54) is 6.07 Å². The van der Waals surface area contributed by atoms with E-state index in [4.69, 9.17) is 11.6 Å². The minimum atomic E-state index is -0.192. The number of halogens is 2. The predicted octanol–water partition coefficient (Wildman–Crippen LogP) is 4.33. The zero-order valence-corrected chi connectivity index (χ0v) is 14.1. The lowest BCUT2D eigenvalue weighted by atomic mass is 9.96. The summed E-state index contributed by atoms with van der Waals surface area (Å²) in [5.41, 5.74) is 1.38. The number of rotatable bonds is 4. The molecule has 0 aromatic heterocycles. The Kier molecular flexibility index (Phi) is 5.48. The molecule has 0 bridgehead atoms. The van der Waals surface area contributed by atoms with Gasteiger partial charge in [-0.2, -0.15) is 0 Å². The van der Waals surface area contributed by atoms with Gasteiger partial charge in [0.05, 0.1) is 5.92 Å². The number of nitrogens with zero attached hydrogens (tertiary/aromatic N) is 1. The molecule has 3 rings (SSSR count). The van der Waals surface area contributed by atoms with Crippen LogP contribution in [0.15, 0.2) is 48.5 Å². The highest BCUT2D eigenvalue weighted by atomic mass is 35.5. The second-order valence-corrected chi connectivity index (χ2v) is 6.60. The van der Waals surface area contributed by atoms with E-state index >= 15 is 0 Å². The molecule has 3 nitrogen and oxygen atoms in total. The van der Waals surface area contributed by atoms with Gasteiger partial charge in [0.1, 0.15) is 5.82 Å². The van der Waals surface area contributed by atoms with Crippen molar-refractivity contribution in [1.29, 1.82) is 0 Å². The van der Waals surface area contributed by atoms with Crippen molar-refractivity contribution < 1.29 is 9.18 Å². The largest absolute Gasteiger partial charge is 0.326 e. The first-order valence-corrected chi connectivity index (χ1v) is 8.52. The topological polar surface area (TPSA) is 32.3 Å². The molecular formula is C19H20ClFN2O. The summed E-state index contributed by atoms with van der Waals surface area (Å²) < 4.78 is 13.8.